The van der Waals surface area contributed by atoms with Crippen LogP contribution in [0.5, 0.6) is 17.2 Å². The first-order valence-electron chi connectivity index (χ1n) is 5.48. The first kappa shape index (κ1) is 11.6. The predicted octanol–water partition coefficient (Wildman–Crippen LogP) is 2.27. The Morgan fingerprint density at radius 2 is 1.88 bits per heavy atom. The Bertz CT molecular complexity index is 477. The van der Waals surface area contributed by atoms with E-state index in [4.69, 9.17) is 19.5 Å². The number of methoxy groups -OCH3 is 3. The molecule has 4 nitrogen and oxygen atoms in total. The molecule has 0 aromatic heterocycles. The molecule has 1 aromatic rings. The molecule has 1 aromatic carbocycles. The molecule has 1 atom stereocenters. The molecule has 0 bridgehead atoms. The van der Waals surface area contributed by atoms with Gasteiger partial charge in [-0.3, -0.25) is 0 Å². The summed E-state index contributed by atoms with van der Waals surface area (Å²) in [5.41, 5.74) is 2.07. The van der Waals surface area contributed by atoms with Gasteiger partial charge in [0.2, 0.25) is 5.75 Å². The van der Waals surface area contributed by atoms with Gasteiger partial charge in [-0.05, 0) is 24.5 Å². The summed E-state index contributed by atoms with van der Waals surface area (Å²) in [6, 6.07) is 4.25. The van der Waals surface area contributed by atoms with Crippen LogP contribution in [0.3, 0.4) is 0 Å². The van der Waals surface area contributed by atoms with Crippen LogP contribution in [-0.2, 0) is 6.42 Å². The van der Waals surface area contributed by atoms with E-state index < -0.39 is 0 Å². The van der Waals surface area contributed by atoms with Crippen molar-refractivity contribution in [2.45, 2.75) is 18.8 Å². The Hall–Kier alpha value is -1.89. The molecule has 1 aliphatic carbocycles. The highest BCUT2D eigenvalue weighted by molar-refractivity contribution is 5.62. The van der Waals surface area contributed by atoms with Crippen molar-refractivity contribution in [2.24, 2.45) is 0 Å². The molecule has 0 N–H and O–H groups in total. The SMILES string of the molecule is COc1cc2c(c(OC)c1OC)C(C#N)CC2. The molecule has 4 heteroatoms. The summed E-state index contributed by atoms with van der Waals surface area (Å²) in [6.45, 7) is 0. The summed E-state index contributed by atoms with van der Waals surface area (Å²) >= 11 is 0. The molecule has 0 saturated carbocycles. The maximum Gasteiger partial charge on any atom is 0.203 e. The van der Waals surface area contributed by atoms with Crippen LogP contribution in [0, 0.1) is 11.3 Å². The monoisotopic (exact) mass is 233 g/mol. The topological polar surface area (TPSA) is 51.5 Å². The lowest BCUT2D eigenvalue weighted by atomic mass is 10.0. The second-order valence-electron chi connectivity index (χ2n) is 3.94. The average molecular weight is 233 g/mol. The van der Waals surface area contributed by atoms with Gasteiger partial charge in [-0.1, -0.05) is 0 Å². The highest BCUT2D eigenvalue weighted by Crippen LogP contribution is 2.48. The molecule has 0 radical (unpaired) electrons. The Kier molecular flexibility index (Phi) is 3.10. The van der Waals surface area contributed by atoms with Gasteiger partial charge < -0.3 is 14.2 Å². The van der Waals surface area contributed by atoms with Crippen LogP contribution in [0.1, 0.15) is 23.5 Å². The van der Waals surface area contributed by atoms with Crippen molar-refractivity contribution in [3.8, 4) is 23.3 Å². The van der Waals surface area contributed by atoms with E-state index in [-0.39, 0.29) is 5.92 Å². The van der Waals surface area contributed by atoms with Gasteiger partial charge in [0.1, 0.15) is 0 Å². The molecule has 0 heterocycles. The van der Waals surface area contributed by atoms with E-state index >= 15 is 0 Å². The lowest BCUT2D eigenvalue weighted by Gasteiger charge is -2.16. The van der Waals surface area contributed by atoms with E-state index in [2.05, 4.69) is 6.07 Å². The fourth-order valence-electron chi connectivity index (χ4n) is 2.39. The summed E-state index contributed by atoms with van der Waals surface area (Å²) in [6.07, 6.45) is 1.71. The number of rotatable bonds is 3. The lowest BCUT2D eigenvalue weighted by Crippen LogP contribution is -2.01. The van der Waals surface area contributed by atoms with Gasteiger partial charge in [0, 0.05) is 5.56 Å². The summed E-state index contributed by atoms with van der Waals surface area (Å²) in [5.74, 6) is 1.74. The van der Waals surface area contributed by atoms with Gasteiger partial charge in [0.15, 0.2) is 11.5 Å². The molecular formula is C13H15NO3. The molecule has 1 unspecified atom stereocenters. The third-order valence-electron chi connectivity index (χ3n) is 3.16. The number of nitriles is 1. The van der Waals surface area contributed by atoms with Gasteiger partial charge in [0.25, 0.3) is 0 Å². The van der Waals surface area contributed by atoms with Crippen molar-refractivity contribution < 1.29 is 14.2 Å². The smallest absolute Gasteiger partial charge is 0.203 e. The van der Waals surface area contributed by atoms with Crippen molar-refractivity contribution in [3.63, 3.8) is 0 Å². The van der Waals surface area contributed by atoms with Gasteiger partial charge >= 0.3 is 0 Å². The van der Waals surface area contributed by atoms with E-state index in [1.807, 2.05) is 6.07 Å². The second-order valence-corrected chi connectivity index (χ2v) is 3.94. The fraction of sp³-hybridized carbons (Fsp3) is 0.462. The molecule has 1 aliphatic rings. The maximum atomic E-state index is 9.15. The molecular weight excluding hydrogens is 218 g/mol. The number of nitrogens with zero attached hydrogens (tertiary/aromatic N) is 1. The van der Waals surface area contributed by atoms with E-state index in [9.17, 15) is 0 Å². The lowest BCUT2D eigenvalue weighted by molar-refractivity contribution is 0.322. The van der Waals surface area contributed by atoms with Gasteiger partial charge in [-0.15, -0.1) is 0 Å². The summed E-state index contributed by atoms with van der Waals surface area (Å²) in [5, 5.41) is 9.15. The molecule has 90 valence electrons. The fourth-order valence-corrected chi connectivity index (χ4v) is 2.39. The zero-order chi connectivity index (χ0) is 12.4. The van der Waals surface area contributed by atoms with E-state index in [1.165, 1.54) is 0 Å². The number of fused-ring (bicyclic) bond motifs is 1. The van der Waals surface area contributed by atoms with Crippen molar-refractivity contribution in [2.75, 3.05) is 21.3 Å². The van der Waals surface area contributed by atoms with Crippen molar-refractivity contribution in [1.29, 1.82) is 5.26 Å². The van der Waals surface area contributed by atoms with Crippen LogP contribution >= 0.6 is 0 Å². The molecule has 17 heavy (non-hydrogen) atoms. The van der Waals surface area contributed by atoms with Crippen molar-refractivity contribution >= 4 is 0 Å². The number of aryl methyl sites for hydroxylation is 1. The van der Waals surface area contributed by atoms with Crippen LogP contribution in [0.2, 0.25) is 0 Å². The van der Waals surface area contributed by atoms with E-state index in [0.29, 0.717) is 17.2 Å². The third-order valence-corrected chi connectivity index (χ3v) is 3.16. The van der Waals surface area contributed by atoms with Crippen molar-refractivity contribution in [1.82, 2.24) is 0 Å². The van der Waals surface area contributed by atoms with Crippen LogP contribution in [0.25, 0.3) is 0 Å². The first-order valence-corrected chi connectivity index (χ1v) is 5.48. The van der Waals surface area contributed by atoms with Crippen LogP contribution < -0.4 is 14.2 Å². The normalized spacial score (nSPS) is 17.2. The number of benzene rings is 1. The highest BCUT2D eigenvalue weighted by atomic mass is 16.5. The van der Waals surface area contributed by atoms with Crippen LogP contribution in [0.15, 0.2) is 6.07 Å². The molecule has 0 fully saturated rings. The Balaban J connectivity index is 2.67. The summed E-state index contributed by atoms with van der Waals surface area (Å²) in [4.78, 5) is 0. The van der Waals surface area contributed by atoms with Gasteiger partial charge in [-0.2, -0.15) is 5.26 Å². The Morgan fingerprint density at radius 1 is 1.18 bits per heavy atom. The first-order chi connectivity index (χ1) is 8.26. The zero-order valence-electron chi connectivity index (χ0n) is 10.2. The molecule has 0 saturated heterocycles. The van der Waals surface area contributed by atoms with Crippen molar-refractivity contribution in [3.05, 3.63) is 17.2 Å². The van der Waals surface area contributed by atoms with E-state index in [1.54, 1.807) is 21.3 Å². The second kappa shape index (κ2) is 4.54. The highest BCUT2D eigenvalue weighted by Gasteiger charge is 2.30. The molecule has 0 aliphatic heterocycles. The van der Waals surface area contributed by atoms with Gasteiger partial charge in [-0.25, -0.2) is 0 Å². The minimum atomic E-state index is -0.111. The quantitative estimate of drug-likeness (QED) is 0.803. The predicted molar refractivity (Wildman–Crippen MR) is 62.8 cm³/mol. The number of hydrogen-bond donors (Lipinski definition) is 0. The summed E-state index contributed by atoms with van der Waals surface area (Å²) in [7, 11) is 4.76. The number of hydrogen-bond acceptors (Lipinski definition) is 4. The standard InChI is InChI=1S/C13H15NO3/c1-15-10-6-8-4-5-9(7-14)11(8)13(17-3)12(10)16-2/h6,9H,4-5H2,1-3H3. The minimum Gasteiger partial charge on any atom is -0.493 e. The van der Waals surface area contributed by atoms with Crippen LogP contribution in [0.4, 0.5) is 0 Å². The number of ether oxygens (including phenoxy) is 3. The average Bonchev–Trinajstić information content (AvgIpc) is 2.78. The molecule has 0 spiro atoms. The maximum absolute atomic E-state index is 9.15. The Morgan fingerprint density at radius 3 is 2.41 bits per heavy atom. The van der Waals surface area contributed by atoms with E-state index in [0.717, 1.165) is 24.0 Å². The van der Waals surface area contributed by atoms with Gasteiger partial charge in [0.05, 0.1) is 33.3 Å². The summed E-state index contributed by atoms with van der Waals surface area (Å²) < 4.78 is 16.0. The molecule has 0 amide bonds. The van der Waals surface area contributed by atoms with Crippen LogP contribution in [-0.4, -0.2) is 21.3 Å². The Labute approximate surface area is 101 Å². The zero-order valence-corrected chi connectivity index (χ0v) is 10.2. The largest absolute Gasteiger partial charge is 0.493 e. The third kappa shape index (κ3) is 1.68. The molecule has 2 rings (SSSR count). The minimum absolute atomic E-state index is 0.111.